The van der Waals surface area contributed by atoms with Gasteiger partial charge in [0.1, 0.15) is 5.60 Å². The number of amides is 1. The Bertz CT molecular complexity index is 1080. The summed E-state index contributed by atoms with van der Waals surface area (Å²) < 4.78 is 35.2. The van der Waals surface area contributed by atoms with Crippen molar-refractivity contribution in [3.63, 3.8) is 0 Å². The Balaban J connectivity index is 1.67. The second-order valence-corrected chi connectivity index (χ2v) is 11.5. The number of sulfonamides is 1. The number of carbonyl (C=O) groups is 1. The number of hydrogen-bond donors (Lipinski definition) is 0. The van der Waals surface area contributed by atoms with Gasteiger partial charge >= 0.3 is 6.09 Å². The molecular weight excluding hydrogens is 470 g/mol. The number of carbonyl (C=O) groups excluding carboxylic acids is 1. The third-order valence-electron chi connectivity index (χ3n) is 5.67. The Hall–Kier alpha value is -1.71. The molecule has 1 aromatic heterocycles. The van der Waals surface area contributed by atoms with Crippen LogP contribution >= 0.6 is 15.9 Å². The van der Waals surface area contributed by atoms with Crippen LogP contribution in [0, 0.1) is 0 Å². The lowest BCUT2D eigenvalue weighted by Crippen LogP contribution is -2.53. The van der Waals surface area contributed by atoms with E-state index in [9.17, 15) is 13.2 Å². The summed E-state index contributed by atoms with van der Waals surface area (Å²) in [6.07, 6.45) is 4.99. The highest BCUT2D eigenvalue weighted by atomic mass is 79.9. The fourth-order valence-electron chi connectivity index (χ4n) is 4.49. The van der Waals surface area contributed by atoms with Crippen LogP contribution in [0.1, 0.15) is 40.0 Å². The predicted octanol–water partition coefficient (Wildman–Crippen LogP) is 4.16. The molecule has 3 heterocycles. The monoisotopic (exact) mass is 495 g/mol. The number of halogens is 1. The van der Waals surface area contributed by atoms with Gasteiger partial charge in [-0.1, -0.05) is 12.1 Å². The third-order valence-corrected chi connectivity index (χ3v) is 8.24. The quantitative estimate of drug-likeness (QED) is 0.624. The second kappa shape index (κ2) is 7.76. The number of benzene rings is 1. The van der Waals surface area contributed by atoms with Crippen LogP contribution in [0.2, 0.25) is 0 Å². The van der Waals surface area contributed by atoms with Crippen molar-refractivity contribution in [3.8, 4) is 0 Å². The van der Waals surface area contributed by atoms with E-state index in [0.717, 1.165) is 18.2 Å². The molecule has 2 aliphatic rings. The van der Waals surface area contributed by atoms with Gasteiger partial charge in [-0.15, -0.1) is 0 Å². The average molecular weight is 496 g/mol. The number of ether oxygens (including phenoxy) is 1. The van der Waals surface area contributed by atoms with Crippen LogP contribution in [0.4, 0.5) is 4.79 Å². The minimum absolute atomic E-state index is 0.163. The molecule has 0 saturated carbocycles. The summed E-state index contributed by atoms with van der Waals surface area (Å²) in [5.41, 5.74) is -0.586. The lowest BCUT2D eigenvalue weighted by molar-refractivity contribution is 0.00655. The Morgan fingerprint density at radius 3 is 2.67 bits per heavy atom. The molecule has 9 heteroatoms. The molecule has 0 aliphatic carbocycles. The van der Waals surface area contributed by atoms with Crippen LogP contribution in [0.5, 0.6) is 0 Å². The van der Waals surface area contributed by atoms with Crippen molar-refractivity contribution in [1.82, 2.24) is 14.2 Å². The first kappa shape index (κ1) is 21.5. The van der Waals surface area contributed by atoms with Crippen molar-refractivity contribution in [3.05, 3.63) is 35.1 Å². The zero-order chi connectivity index (χ0) is 21.7. The van der Waals surface area contributed by atoms with Crippen molar-refractivity contribution in [1.29, 1.82) is 0 Å². The Morgan fingerprint density at radius 2 is 1.93 bits per heavy atom. The van der Waals surface area contributed by atoms with Crippen molar-refractivity contribution >= 4 is 42.8 Å². The molecule has 0 spiro atoms. The molecule has 0 bridgehead atoms. The molecule has 30 heavy (non-hydrogen) atoms. The van der Waals surface area contributed by atoms with E-state index in [1.165, 1.54) is 0 Å². The number of piperidine rings is 1. The normalized spacial score (nSPS) is 22.9. The summed E-state index contributed by atoms with van der Waals surface area (Å²) in [5.74, 6) is 0. The Morgan fingerprint density at radius 1 is 1.17 bits per heavy atom. The molecule has 2 aromatic rings. The maximum absolute atomic E-state index is 13.7. The molecule has 2 saturated heterocycles. The summed E-state index contributed by atoms with van der Waals surface area (Å²) >= 11 is 3.46. The summed E-state index contributed by atoms with van der Waals surface area (Å²) in [6, 6.07) is 4.83. The molecule has 7 nitrogen and oxygen atoms in total. The first-order valence-electron chi connectivity index (χ1n) is 10.1. The number of likely N-dealkylation sites (tertiary alicyclic amines) is 1. The molecule has 162 valence electrons. The van der Waals surface area contributed by atoms with E-state index in [1.807, 2.05) is 26.8 Å². The van der Waals surface area contributed by atoms with Gasteiger partial charge in [0, 0.05) is 46.8 Å². The van der Waals surface area contributed by atoms with Gasteiger partial charge in [0.2, 0.25) is 10.0 Å². The molecule has 0 radical (unpaired) electrons. The molecule has 2 fully saturated rings. The number of fused-ring (bicyclic) bond motifs is 2. The predicted molar refractivity (Wildman–Crippen MR) is 118 cm³/mol. The van der Waals surface area contributed by atoms with Crippen molar-refractivity contribution in [2.45, 2.75) is 62.6 Å². The molecule has 4 rings (SSSR count). The first-order valence-corrected chi connectivity index (χ1v) is 12.4. The van der Waals surface area contributed by atoms with Crippen LogP contribution in [0.15, 0.2) is 40.0 Å². The van der Waals surface area contributed by atoms with Crippen LogP contribution in [-0.2, 0) is 14.8 Å². The van der Waals surface area contributed by atoms with Gasteiger partial charge in [-0.3, -0.25) is 4.98 Å². The lowest BCUT2D eigenvalue weighted by atomic mass is 9.98. The highest BCUT2D eigenvalue weighted by Crippen LogP contribution is 2.38. The molecule has 1 aromatic carbocycles. The van der Waals surface area contributed by atoms with E-state index >= 15 is 0 Å². The van der Waals surface area contributed by atoms with E-state index in [-0.39, 0.29) is 23.1 Å². The van der Waals surface area contributed by atoms with Gasteiger partial charge in [0.25, 0.3) is 0 Å². The number of pyridine rings is 1. The van der Waals surface area contributed by atoms with Gasteiger partial charge in [-0.2, -0.15) is 4.31 Å². The highest BCUT2D eigenvalue weighted by Gasteiger charge is 2.48. The SMILES string of the molecule is CC(C)(C)OC(=O)N1CCCC2C1CCN2S(=O)(=O)c1cccc2cncc(Br)c12. The molecular formula is C21H26BrN3O4S. The van der Waals surface area contributed by atoms with Crippen molar-refractivity contribution in [2.24, 2.45) is 0 Å². The van der Waals surface area contributed by atoms with E-state index in [4.69, 9.17) is 4.74 Å². The fraction of sp³-hybridized carbons (Fsp3) is 0.524. The Labute approximate surface area is 185 Å². The standard InChI is InChI=1S/C21H26BrN3O4S/c1-21(2,3)29-20(26)24-10-5-7-17-16(24)9-11-25(17)30(27,28)18-8-4-6-14-12-23-13-15(22)19(14)18/h4,6,8,12-13,16-17H,5,7,9-11H2,1-3H3. The molecule has 2 atom stereocenters. The van der Waals surface area contributed by atoms with E-state index in [2.05, 4.69) is 20.9 Å². The van der Waals surface area contributed by atoms with E-state index in [1.54, 1.807) is 33.7 Å². The summed E-state index contributed by atoms with van der Waals surface area (Å²) in [7, 11) is -3.75. The highest BCUT2D eigenvalue weighted by molar-refractivity contribution is 9.10. The number of rotatable bonds is 2. The molecule has 0 N–H and O–H groups in total. The fourth-order valence-corrected chi connectivity index (χ4v) is 7.12. The first-order chi connectivity index (χ1) is 14.1. The second-order valence-electron chi connectivity index (χ2n) is 8.83. The molecule has 1 amide bonds. The molecule has 2 aliphatic heterocycles. The van der Waals surface area contributed by atoms with Crippen LogP contribution in [0.25, 0.3) is 10.8 Å². The maximum atomic E-state index is 13.7. The maximum Gasteiger partial charge on any atom is 0.410 e. The van der Waals surface area contributed by atoms with Gasteiger partial charge in [-0.05, 0) is 62.0 Å². The van der Waals surface area contributed by atoms with Crippen molar-refractivity contribution in [2.75, 3.05) is 13.1 Å². The van der Waals surface area contributed by atoms with Gasteiger partial charge in [0.05, 0.1) is 10.9 Å². The van der Waals surface area contributed by atoms with Crippen molar-refractivity contribution < 1.29 is 17.9 Å². The topological polar surface area (TPSA) is 79.8 Å². The van der Waals surface area contributed by atoms with Gasteiger partial charge in [-0.25, -0.2) is 13.2 Å². The minimum Gasteiger partial charge on any atom is -0.444 e. The molecule has 2 unspecified atom stereocenters. The van der Waals surface area contributed by atoms with Gasteiger partial charge in [0.15, 0.2) is 0 Å². The zero-order valence-corrected chi connectivity index (χ0v) is 19.7. The van der Waals surface area contributed by atoms with E-state index < -0.39 is 15.6 Å². The number of nitrogens with zero attached hydrogens (tertiary/aromatic N) is 3. The number of aromatic nitrogens is 1. The van der Waals surface area contributed by atoms with Crippen LogP contribution < -0.4 is 0 Å². The van der Waals surface area contributed by atoms with Gasteiger partial charge < -0.3 is 9.64 Å². The van der Waals surface area contributed by atoms with E-state index in [0.29, 0.717) is 29.4 Å². The zero-order valence-electron chi connectivity index (χ0n) is 17.3. The number of hydrogen-bond acceptors (Lipinski definition) is 5. The third kappa shape index (κ3) is 3.83. The summed E-state index contributed by atoms with van der Waals surface area (Å²) in [5, 5.41) is 1.40. The Kier molecular flexibility index (Phi) is 5.57. The van der Waals surface area contributed by atoms with Crippen LogP contribution in [-0.4, -0.2) is 59.5 Å². The largest absolute Gasteiger partial charge is 0.444 e. The van der Waals surface area contributed by atoms with Crippen LogP contribution in [0.3, 0.4) is 0 Å². The average Bonchev–Trinajstić information content (AvgIpc) is 3.11. The summed E-state index contributed by atoms with van der Waals surface area (Å²) in [4.78, 5) is 18.9. The smallest absolute Gasteiger partial charge is 0.410 e. The minimum atomic E-state index is -3.75. The lowest BCUT2D eigenvalue weighted by Gasteiger charge is -2.40. The summed E-state index contributed by atoms with van der Waals surface area (Å²) in [6.45, 7) is 6.49.